The lowest BCUT2D eigenvalue weighted by Gasteiger charge is -2.33. The van der Waals surface area contributed by atoms with Gasteiger partial charge in [0.15, 0.2) is 0 Å². The van der Waals surface area contributed by atoms with E-state index in [4.69, 9.17) is 0 Å². The van der Waals surface area contributed by atoms with Crippen molar-refractivity contribution in [2.75, 3.05) is 0 Å². The molecule has 1 aliphatic carbocycles. The Labute approximate surface area is 181 Å². The number of phenolic OH excluding ortho intramolecular Hbond substituents is 2. The van der Waals surface area contributed by atoms with Crippen LogP contribution in [-0.4, -0.2) is 22.3 Å². The number of phenols is 2. The molecule has 0 bridgehead atoms. The fourth-order valence-electron chi connectivity index (χ4n) is 4.54. The number of rotatable bonds is 8. The third kappa shape index (κ3) is 5.35. The van der Waals surface area contributed by atoms with E-state index >= 15 is 0 Å². The lowest BCUT2D eigenvalue weighted by Crippen LogP contribution is -2.49. The maximum atomic E-state index is 10.6. The lowest BCUT2D eigenvalue weighted by atomic mass is 9.89. The van der Waals surface area contributed by atoms with E-state index in [0.29, 0.717) is 48.5 Å². The molecule has 4 nitrogen and oxygen atoms in total. The van der Waals surface area contributed by atoms with Gasteiger partial charge < -0.3 is 20.8 Å². The monoisotopic (exact) mass is 410 g/mol. The van der Waals surface area contributed by atoms with Crippen molar-refractivity contribution in [3.05, 3.63) is 58.7 Å². The summed E-state index contributed by atoms with van der Waals surface area (Å²) in [5.41, 5.74) is 3.95. The van der Waals surface area contributed by atoms with E-state index in [-0.39, 0.29) is 0 Å². The lowest BCUT2D eigenvalue weighted by molar-refractivity contribution is 0.279. The third-order valence-corrected chi connectivity index (χ3v) is 6.42. The van der Waals surface area contributed by atoms with E-state index in [1.54, 1.807) is 0 Å². The predicted octanol–water partition coefficient (Wildman–Crippen LogP) is 5.54. The van der Waals surface area contributed by atoms with E-state index in [9.17, 15) is 10.2 Å². The molecule has 0 heterocycles. The molecular formula is C26H38N2O2. The van der Waals surface area contributed by atoms with Crippen molar-refractivity contribution in [1.29, 1.82) is 0 Å². The second kappa shape index (κ2) is 10.3. The molecule has 0 amide bonds. The number of nitrogens with one attached hydrogen (secondary N) is 2. The number of hydrogen-bond donors (Lipinski definition) is 4. The van der Waals surface area contributed by atoms with Gasteiger partial charge >= 0.3 is 0 Å². The number of para-hydroxylation sites is 2. The normalized spacial score (nSPS) is 19.5. The first-order chi connectivity index (χ1) is 14.4. The molecule has 0 aliphatic heterocycles. The molecule has 2 atom stereocenters. The Morgan fingerprint density at radius 2 is 1.13 bits per heavy atom. The van der Waals surface area contributed by atoms with Gasteiger partial charge in [0.25, 0.3) is 0 Å². The molecular weight excluding hydrogens is 372 g/mol. The van der Waals surface area contributed by atoms with Gasteiger partial charge in [0, 0.05) is 36.3 Å². The summed E-state index contributed by atoms with van der Waals surface area (Å²) in [5, 5.41) is 28.6. The Kier molecular flexibility index (Phi) is 7.79. The maximum absolute atomic E-state index is 10.6. The second-order valence-corrected chi connectivity index (χ2v) is 9.28. The van der Waals surface area contributed by atoms with Gasteiger partial charge in [-0.2, -0.15) is 0 Å². The van der Waals surface area contributed by atoms with Crippen LogP contribution in [0.25, 0.3) is 0 Å². The molecule has 4 N–H and O–H groups in total. The van der Waals surface area contributed by atoms with E-state index in [0.717, 1.165) is 35.1 Å². The van der Waals surface area contributed by atoms with Crippen LogP contribution in [0.1, 0.15) is 87.5 Å². The van der Waals surface area contributed by atoms with Gasteiger partial charge in [-0.25, -0.2) is 0 Å². The van der Waals surface area contributed by atoms with Crippen molar-refractivity contribution < 1.29 is 10.2 Å². The molecule has 0 aromatic heterocycles. The summed E-state index contributed by atoms with van der Waals surface area (Å²) in [7, 11) is 0. The van der Waals surface area contributed by atoms with Gasteiger partial charge in [-0.15, -0.1) is 0 Å². The minimum absolute atomic E-state index is 0.309. The minimum atomic E-state index is 0.309. The van der Waals surface area contributed by atoms with Crippen LogP contribution in [-0.2, 0) is 13.1 Å². The minimum Gasteiger partial charge on any atom is -0.507 e. The van der Waals surface area contributed by atoms with Gasteiger partial charge in [-0.05, 0) is 35.8 Å². The molecule has 3 rings (SSSR count). The third-order valence-electron chi connectivity index (χ3n) is 6.42. The quantitative estimate of drug-likeness (QED) is 0.462. The first kappa shape index (κ1) is 22.6. The van der Waals surface area contributed by atoms with Gasteiger partial charge in [-0.3, -0.25) is 0 Å². The van der Waals surface area contributed by atoms with Crippen molar-refractivity contribution in [2.24, 2.45) is 0 Å². The van der Waals surface area contributed by atoms with Crippen LogP contribution in [0, 0.1) is 0 Å². The fraction of sp³-hybridized carbons (Fsp3) is 0.538. The number of hydrogen-bond acceptors (Lipinski definition) is 4. The van der Waals surface area contributed by atoms with Gasteiger partial charge in [0.2, 0.25) is 0 Å². The zero-order valence-electron chi connectivity index (χ0n) is 18.9. The molecule has 1 aliphatic rings. The van der Waals surface area contributed by atoms with Crippen molar-refractivity contribution >= 4 is 0 Å². The first-order valence-electron chi connectivity index (χ1n) is 11.5. The Morgan fingerprint density at radius 3 is 1.50 bits per heavy atom. The summed E-state index contributed by atoms with van der Waals surface area (Å²) in [5.74, 6) is 1.47. The zero-order chi connectivity index (χ0) is 21.7. The zero-order valence-corrected chi connectivity index (χ0v) is 18.9. The molecule has 0 spiro atoms. The van der Waals surface area contributed by atoms with E-state index in [1.165, 1.54) is 12.8 Å². The SMILES string of the molecule is CC(C)c1cccc(CNC2CCCC[C@@H]2NCc2cccc(C(C)C)c2O)c1O. The van der Waals surface area contributed by atoms with Crippen LogP contribution in [0.5, 0.6) is 11.5 Å². The van der Waals surface area contributed by atoms with Gasteiger partial charge in [-0.1, -0.05) is 76.9 Å². The molecule has 0 saturated heterocycles. The van der Waals surface area contributed by atoms with Gasteiger partial charge in [0.1, 0.15) is 11.5 Å². The summed E-state index contributed by atoms with van der Waals surface area (Å²) in [6.45, 7) is 9.77. The van der Waals surface area contributed by atoms with E-state index in [2.05, 4.69) is 38.3 Å². The molecule has 1 fully saturated rings. The average Bonchev–Trinajstić information content (AvgIpc) is 2.72. The Hall–Kier alpha value is -2.04. The summed E-state index contributed by atoms with van der Waals surface area (Å²) in [4.78, 5) is 0. The standard InChI is InChI=1S/C26H38N2O2/c1-17(2)21-11-7-9-19(25(21)29)15-27-23-13-5-6-14-24(23)28-16-20-10-8-12-22(18(3)4)26(20)30/h7-12,17-18,23-24,27-30H,5-6,13-16H2,1-4H3/t23-,24?/m0/s1. The molecule has 4 heteroatoms. The van der Waals surface area contributed by atoms with E-state index in [1.807, 2.05) is 36.4 Å². The topological polar surface area (TPSA) is 64.5 Å². The molecule has 2 aromatic rings. The van der Waals surface area contributed by atoms with Crippen molar-refractivity contribution in [3.8, 4) is 11.5 Å². The summed E-state index contributed by atoms with van der Waals surface area (Å²) >= 11 is 0. The Bertz CT molecular complexity index is 762. The first-order valence-corrected chi connectivity index (χ1v) is 11.5. The van der Waals surface area contributed by atoms with Crippen LogP contribution >= 0.6 is 0 Å². The van der Waals surface area contributed by atoms with Crippen LogP contribution in [0.4, 0.5) is 0 Å². The predicted molar refractivity (Wildman–Crippen MR) is 124 cm³/mol. The Balaban J connectivity index is 1.64. The molecule has 1 saturated carbocycles. The Morgan fingerprint density at radius 1 is 0.733 bits per heavy atom. The second-order valence-electron chi connectivity index (χ2n) is 9.28. The average molecular weight is 411 g/mol. The highest BCUT2D eigenvalue weighted by atomic mass is 16.3. The van der Waals surface area contributed by atoms with Crippen molar-refractivity contribution in [2.45, 2.75) is 90.4 Å². The highest BCUT2D eigenvalue weighted by molar-refractivity contribution is 5.43. The molecule has 0 radical (unpaired) electrons. The smallest absolute Gasteiger partial charge is 0.123 e. The summed E-state index contributed by atoms with van der Waals surface area (Å²) in [6.07, 6.45) is 4.70. The highest BCUT2D eigenvalue weighted by Gasteiger charge is 2.25. The largest absolute Gasteiger partial charge is 0.507 e. The van der Waals surface area contributed by atoms with Crippen LogP contribution in [0.2, 0.25) is 0 Å². The maximum Gasteiger partial charge on any atom is 0.123 e. The molecule has 164 valence electrons. The molecule has 30 heavy (non-hydrogen) atoms. The number of aromatic hydroxyl groups is 2. The van der Waals surface area contributed by atoms with Crippen LogP contribution < -0.4 is 10.6 Å². The molecule has 1 unspecified atom stereocenters. The van der Waals surface area contributed by atoms with Crippen molar-refractivity contribution in [3.63, 3.8) is 0 Å². The highest BCUT2D eigenvalue weighted by Crippen LogP contribution is 2.30. The summed E-state index contributed by atoms with van der Waals surface area (Å²) < 4.78 is 0. The van der Waals surface area contributed by atoms with Crippen molar-refractivity contribution in [1.82, 2.24) is 10.6 Å². The fourth-order valence-corrected chi connectivity index (χ4v) is 4.54. The van der Waals surface area contributed by atoms with Crippen LogP contribution in [0.15, 0.2) is 36.4 Å². The number of benzene rings is 2. The van der Waals surface area contributed by atoms with E-state index < -0.39 is 0 Å². The van der Waals surface area contributed by atoms with Gasteiger partial charge in [0.05, 0.1) is 0 Å². The molecule has 2 aromatic carbocycles. The van der Waals surface area contributed by atoms with Crippen LogP contribution in [0.3, 0.4) is 0 Å². The summed E-state index contributed by atoms with van der Waals surface area (Å²) in [6, 6.07) is 12.8.